The van der Waals surface area contributed by atoms with E-state index in [9.17, 15) is 4.79 Å². The molecule has 0 aliphatic carbocycles. The lowest BCUT2D eigenvalue weighted by molar-refractivity contribution is -0.130. The van der Waals surface area contributed by atoms with Gasteiger partial charge < -0.3 is 10.1 Å². The van der Waals surface area contributed by atoms with E-state index in [1.54, 1.807) is 11.8 Å². The summed E-state index contributed by atoms with van der Waals surface area (Å²) < 4.78 is 5.49. The molecule has 0 unspecified atom stereocenters. The summed E-state index contributed by atoms with van der Waals surface area (Å²) in [7, 11) is 0. The van der Waals surface area contributed by atoms with Crippen molar-refractivity contribution >= 4 is 29.3 Å². The van der Waals surface area contributed by atoms with Gasteiger partial charge in [-0.2, -0.15) is 0 Å². The van der Waals surface area contributed by atoms with Gasteiger partial charge in [-0.25, -0.2) is 0 Å². The summed E-state index contributed by atoms with van der Waals surface area (Å²) in [5, 5.41) is 3.87. The number of nitrogens with one attached hydrogen (secondary N) is 1. The van der Waals surface area contributed by atoms with Crippen molar-refractivity contribution in [1.29, 1.82) is 0 Å². The number of carbonyl (C=O) groups is 1. The normalized spacial score (nSPS) is 16.4. The van der Waals surface area contributed by atoms with Gasteiger partial charge in [0.05, 0.1) is 5.41 Å². The van der Waals surface area contributed by atoms with Gasteiger partial charge in [-0.1, -0.05) is 41.9 Å². The molecular formula is C20H22ClNO2S. The molecule has 3 nitrogen and oxygen atoms in total. The van der Waals surface area contributed by atoms with Crippen LogP contribution in [0.15, 0.2) is 59.5 Å². The summed E-state index contributed by atoms with van der Waals surface area (Å²) in [5.74, 6) is 0.938. The van der Waals surface area contributed by atoms with Crippen LogP contribution in [0.1, 0.15) is 18.4 Å². The van der Waals surface area contributed by atoms with Crippen LogP contribution in [0.3, 0.4) is 0 Å². The Kier molecular flexibility index (Phi) is 6.40. The summed E-state index contributed by atoms with van der Waals surface area (Å²) >= 11 is 7.61. The van der Waals surface area contributed by atoms with Crippen LogP contribution in [0.25, 0.3) is 0 Å². The van der Waals surface area contributed by atoms with E-state index >= 15 is 0 Å². The summed E-state index contributed by atoms with van der Waals surface area (Å²) in [5.41, 5.74) is 0.617. The summed E-state index contributed by atoms with van der Waals surface area (Å²) in [6, 6.07) is 17.8. The first-order valence-electron chi connectivity index (χ1n) is 8.51. The third-order valence-electron chi connectivity index (χ3n) is 4.58. The molecule has 0 atom stereocenters. The van der Waals surface area contributed by atoms with Crippen molar-refractivity contribution < 1.29 is 9.53 Å². The first kappa shape index (κ1) is 18.3. The SMILES string of the molecule is O=C(NCCSc1ccc(Cl)cc1)C1(c2ccccc2)CCOCC1. The fourth-order valence-corrected chi connectivity index (χ4v) is 4.05. The van der Waals surface area contributed by atoms with Crippen LogP contribution in [0, 0.1) is 0 Å². The lowest BCUT2D eigenvalue weighted by Gasteiger charge is -2.36. The smallest absolute Gasteiger partial charge is 0.230 e. The number of hydrogen-bond donors (Lipinski definition) is 1. The molecule has 0 radical (unpaired) electrons. The second-order valence-electron chi connectivity index (χ2n) is 6.12. The molecule has 0 spiro atoms. The van der Waals surface area contributed by atoms with E-state index in [0.29, 0.717) is 19.8 Å². The zero-order valence-corrected chi connectivity index (χ0v) is 15.6. The predicted octanol–water partition coefficient (Wildman–Crippen LogP) is 4.30. The predicted molar refractivity (Wildman–Crippen MR) is 103 cm³/mol. The first-order valence-corrected chi connectivity index (χ1v) is 9.87. The van der Waals surface area contributed by atoms with Gasteiger partial charge in [0, 0.05) is 35.4 Å². The zero-order valence-electron chi connectivity index (χ0n) is 14.0. The van der Waals surface area contributed by atoms with Crippen molar-refractivity contribution in [2.75, 3.05) is 25.5 Å². The second-order valence-corrected chi connectivity index (χ2v) is 7.72. The van der Waals surface area contributed by atoms with Crippen molar-refractivity contribution in [1.82, 2.24) is 5.32 Å². The number of benzene rings is 2. The molecule has 5 heteroatoms. The lowest BCUT2D eigenvalue weighted by atomic mass is 9.73. The Hall–Kier alpha value is -1.49. The summed E-state index contributed by atoms with van der Waals surface area (Å²) in [4.78, 5) is 14.1. The van der Waals surface area contributed by atoms with Gasteiger partial charge >= 0.3 is 0 Å². The molecule has 1 aliphatic heterocycles. The number of halogens is 1. The maximum atomic E-state index is 13.0. The van der Waals surface area contributed by atoms with Gasteiger partial charge in [-0.15, -0.1) is 11.8 Å². The quantitative estimate of drug-likeness (QED) is 0.604. The summed E-state index contributed by atoms with van der Waals surface area (Å²) in [6.45, 7) is 1.89. The lowest BCUT2D eigenvalue weighted by Crippen LogP contribution is -2.48. The topological polar surface area (TPSA) is 38.3 Å². The van der Waals surface area contributed by atoms with Crippen LogP contribution >= 0.6 is 23.4 Å². The number of amides is 1. The fourth-order valence-electron chi connectivity index (χ4n) is 3.16. The van der Waals surface area contributed by atoms with Gasteiger partial charge in [0.1, 0.15) is 0 Å². The highest BCUT2D eigenvalue weighted by atomic mass is 35.5. The minimum Gasteiger partial charge on any atom is -0.381 e. The van der Waals surface area contributed by atoms with E-state index < -0.39 is 5.41 Å². The van der Waals surface area contributed by atoms with Crippen molar-refractivity contribution in [3.63, 3.8) is 0 Å². The first-order chi connectivity index (χ1) is 12.2. The van der Waals surface area contributed by atoms with Gasteiger partial charge in [-0.05, 0) is 42.7 Å². The molecule has 132 valence electrons. The number of thioether (sulfide) groups is 1. The van der Waals surface area contributed by atoms with E-state index in [-0.39, 0.29) is 5.91 Å². The van der Waals surface area contributed by atoms with Gasteiger partial charge in [0.15, 0.2) is 0 Å². The number of carbonyl (C=O) groups excluding carboxylic acids is 1. The van der Waals surface area contributed by atoms with Crippen LogP contribution < -0.4 is 5.32 Å². The van der Waals surface area contributed by atoms with Gasteiger partial charge in [0.25, 0.3) is 0 Å². The van der Waals surface area contributed by atoms with Gasteiger partial charge in [-0.3, -0.25) is 4.79 Å². The van der Waals surface area contributed by atoms with Crippen LogP contribution in [0.4, 0.5) is 0 Å². The Morgan fingerprint density at radius 3 is 2.44 bits per heavy atom. The Bertz CT molecular complexity index is 685. The average Bonchev–Trinajstić information content (AvgIpc) is 2.67. The molecule has 1 saturated heterocycles. The maximum Gasteiger partial charge on any atom is 0.230 e. The van der Waals surface area contributed by atoms with E-state index in [2.05, 4.69) is 5.32 Å². The molecule has 0 saturated carbocycles. The fraction of sp³-hybridized carbons (Fsp3) is 0.350. The molecule has 3 rings (SSSR count). The Balaban J connectivity index is 1.58. The molecular weight excluding hydrogens is 354 g/mol. The van der Waals surface area contributed by atoms with Crippen molar-refractivity contribution in [3.05, 3.63) is 65.2 Å². The molecule has 0 aromatic heterocycles. The number of ether oxygens (including phenoxy) is 1. The number of hydrogen-bond acceptors (Lipinski definition) is 3. The molecule has 1 amide bonds. The Morgan fingerprint density at radius 2 is 1.76 bits per heavy atom. The molecule has 1 fully saturated rings. The second kappa shape index (κ2) is 8.75. The van der Waals surface area contributed by atoms with Crippen LogP contribution in [-0.4, -0.2) is 31.4 Å². The molecule has 0 bridgehead atoms. The largest absolute Gasteiger partial charge is 0.381 e. The standard InChI is InChI=1S/C20H22ClNO2S/c21-17-6-8-18(9-7-17)25-15-12-22-19(23)20(10-13-24-14-11-20)16-4-2-1-3-5-16/h1-9H,10-15H2,(H,22,23). The third-order valence-corrected chi connectivity index (χ3v) is 5.84. The molecule has 1 N–H and O–H groups in total. The Labute approximate surface area is 158 Å². The average molecular weight is 376 g/mol. The molecule has 1 heterocycles. The van der Waals surface area contributed by atoms with E-state index in [1.165, 1.54) is 0 Å². The number of rotatable bonds is 6. The maximum absolute atomic E-state index is 13.0. The highest BCUT2D eigenvalue weighted by Gasteiger charge is 2.41. The van der Waals surface area contributed by atoms with Gasteiger partial charge in [0.2, 0.25) is 5.91 Å². The summed E-state index contributed by atoms with van der Waals surface area (Å²) in [6.07, 6.45) is 1.46. The molecule has 25 heavy (non-hydrogen) atoms. The van der Waals surface area contributed by atoms with Crippen LogP contribution in [-0.2, 0) is 14.9 Å². The van der Waals surface area contributed by atoms with Crippen LogP contribution in [0.5, 0.6) is 0 Å². The highest BCUT2D eigenvalue weighted by molar-refractivity contribution is 7.99. The minimum absolute atomic E-state index is 0.110. The van der Waals surface area contributed by atoms with E-state index in [4.69, 9.17) is 16.3 Å². The molecule has 1 aliphatic rings. The third kappa shape index (κ3) is 4.57. The van der Waals surface area contributed by atoms with E-state index in [1.807, 2.05) is 54.6 Å². The molecule has 2 aromatic carbocycles. The van der Waals surface area contributed by atoms with Crippen LogP contribution in [0.2, 0.25) is 5.02 Å². The molecule has 2 aromatic rings. The Morgan fingerprint density at radius 1 is 1.08 bits per heavy atom. The monoisotopic (exact) mass is 375 g/mol. The minimum atomic E-state index is -0.468. The zero-order chi connectivity index (χ0) is 17.5. The van der Waals surface area contributed by atoms with Crippen molar-refractivity contribution in [3.8, 4) is 0 Å². The van der Waals surface area contributed by atoms with Crippen molar-refractivity contribution in [2.45, 2.75) is 23.2 Å². The van der Waals surface area contributed by atoms with Crippen molar-refractivity contribution in [2.24, 2.45) is 0 Å². The highest BCUT2D eigenvalue weighted by Crippen LogP contribution is 2.35. The van der Waals surface area contributed by atoms with E-state index in [0.717, 1.165) is 34.1 Å².